The van der Waals surface area contributed by atoms with Gasteiger partial charge in [-0.3, -0.25) is 4.79 Å². The predicted octanol–water partition coefficient (Wildman–Crippen LogP) is 4.44. The summed E-state index contributed by atoms with van der Waals surface area (Å²) in [5.74, 6) is -2.01. The van der Waals surface area contributed by atoms with E-state index in [1.807, 2.05) is 102 Å². The van der Waals surface area contributed by atoms with Crippen LogP contribution in [0.1, 0.15) is 78.4 Å². The lowest BCUT2D eigenvalue weighted by molar-refractivity contribution is -0.221. The van der Waals surface area contributed by atoms with Gasteiger partial charge in [0.15, 0.2) is 36.4 Å². The van der Waals surface area contributed by atoms with Gasteiger partial charge in [0, 0.05) is 51.4 Å². The third-order valence-electron chi connectivity index (χ3n) is 12.0. The van der Waals surface area contributed by atoms with Crippen molar-refractivity contribution in [3.05, 3.63) is 71.8 Å². The zero-order chi connectivity index (χ0) is 44.7. The molecule has 6 aliphatic heterocycles. The van der Waals surface area contributed by atoms with E-state index < -0.39 is 54.7 Å². The van der Waals surface area contributed by atoms with Crippen LogP contribution in [0.25, 0.3) is 0 Å². The SMILES string of the molecule is CC(C)C(=O)O[C@@H]1[C@H]2OC(C)(C)O[C@H]2O[C@@H]1CN1CCC(NC(=O)OCc2ccccc2)CC1.CC1(C)O[C@H]2O[C@H](CN3CCC(NC(=O)OCc4ccccc4)CC3)[C@H](O)[C@H]2O1. The fourth-order valence-electron chi connectivity index (χ4n) is 8.71. The number of aliphatic hydroxyl groups excluding tert-OH is 1. The summed E-state index contributed by atoms with van der Waals surface area (Å²) in [6.07, 6.45) is -1.36. The second-order valence-corrected chi connectivity index (χ2v) is 18.4. The van der Waals surface area contributed by atoms with E-state index in [1.54, 1.807) is 0 Å². The molecule has 3 N–H and O–H groups in total. The third kappa shape index (κ3) is 13.1. The molecule has 2 aromatic carbocycles. The molecule has 8 rings (SSSR count). The van der Waals surface area contributed by atoms with Crippen LogP contribution in [0.5, 0.6) is 0 Å². The Bertz CT molecular complexity index is 1790. The molecule has 2 aromatic rings. The zero-order valence-electron chi connectivity index (χ0n) is 37.4. The van der Waals surface area contributed by atoms with Crippen molar-refractivity contribution < 1.29 is 62.1 Å². The van der Waals surface area contributed by atoms with E-state index in [0.717, 1.165) is 63.0 Å². The molecule has 17 heteroatoms. The number of amides is 2. The molecular formula is C46H66N4O13. The quantitative estimate of drug-likeness (QED) is 0.201. The number of ether oxygens (including phenoxy) is 9. The van der Waals surface area contributed by atoms with E-state index in [-0.39, 0.29) is 55.5 Å². The monoisotopic (exact) mass is 882 g/mol. The minimum atomic E-state index is -0.776. The number of carbonyl (C=O) groups is 3. The Balaban J connectivity index is 0.000000191. The second-order valence-electron chi connectivity index (χ2n) is 18.4. The number of carbonyl (C=O) groups excluding carboxylic acids is 3. The van der Waals surface area contributed by atoms with Crippen LogP contribution in [0, 0.1) is 5.92 Å². The van der Waals surface area contributed by atoms with Crippen LogP contribution in [0.15, 0.2) is 60.7 Å². The first-order valence-electron chi connectivity index (χ1n) is 22.4. The van der Waals surface area contributed by atoms with Gasteiger partial charge >= 0.3 is 18.2 Å². The Labute approximate surface area is 370 Å². The fraction of sp³-hybridized carbons (Fsp3) is 0.674. The van der Waals surface area contributed by atoms with Gasteiger partial charge in [-0.25, -0.2) is 9.59 Å². The maximum atomic E-state index is 12.3. The summed E-state index contributed by atoms with van der Waals surface area (Å²) in [7, 11) is 0. The number of esters is 1. The molecule has 0 spiro atoms. The molecule has 0 unspecified atom stereocenters. The summed E-state index contributed by atoms with van der Waals surface area (Å²) in [4.78, 5) is 41.0. The van der Waals surface area contributed by atoms with E-state index in [0.29, 0.717) is 13.1 Å². The van der Waals surface area contributed by atoms with Crippen molar-refractivity contribution in [1.29, 1.82) is 0 Å². The fourth-order valence-corrected chi connectivity index (χ4v) is 8.71. The maximum Gasteiger partial charge on any atom is 0.407 e. The van der Waals surface area contributed by atoms with Gasteiger partial charge in [0.05, 0.1) is 5.92 Å². The largest absolute Gasteiger partial charge is 0.456 e. The average Bonchev–Trinajstić information content (AvgIpc) is 3.93. The van der Waals surface area contributed by atoms with Crippen LogP contribution in [0.3, 0.4) is 0 Å². The number of fused-ring (bicyclic) bond motifs is 2. The molecule has 0 radical (unpaired) electrons. The van der Waals surface area contributed by atoms with Gasteiger partial charge in [0.25, 0.3) is 0 Å². The lowest BCUT2D eigenvalue weighted by Crippen LogP contribution is -2.49. The van der Waals surface area contributed by atoms with Crippen molar-refractivity contribution in [1.82, 2.24) is 20.4 Å². The van der Waals surface area contributed by atoms with E-state index in [4.69, 9.17) is 42.6 Å². The van der Waals surface area contributed by atoms with E-state index >= 15 is 0 Å². The molecule has 8 atom stereocenters. The standard InChI is InChI=1S/C25H36N2O7.C21H30N2O6/c1-16(2)22(28)32-20-19(31-23-21(20)33-25(3,4)34-23)14-27-12-10-18(11-13-27)26-24(29)30-15-17-8-6-5-7-9-17;1-21(2)28-18-17(24)16(27-19(18)29-21)12-23-10-8-15(9-11-23)22-20(25)26-13-14-6-4-3-5-7-14/h5-9,16,18-21,23H,10-15H2,1-4H3,(H,26,29);3-7,15-19,24H,8-13H2,1-2H3,(H,22,25)/t19-,20+,21-,23-;16-,17+,18-,19-/m11/s1. The molecule has 0 aromatic heterocycles. The van der Waals surface area contributed by atoms with Crippen molar-refractivity contribution in [2.45, 2.75) is 153 Å². The number of rotatable bonds is 12. The van der Waals surface area contributed by atoms with Gasteiger partial charge in [0.1, 0.15) is 37.6 Å². The number of benzene rings is 2. The Morgan fingerprint density at radius 3 is 1.56 bits per heavy atom. The molecule has 63 heavy (non-hydrogen) atoms. The number of hydrogen-bond acceptors (Lipinski definition) is 15. The summed E-state index contributed by atoms with van der Waals surface area (Å²) in [6, 6.07) is 19.4. The molecule has 0 saturated carbocycles. The number of likely N-dealkylation sites (tertiary alicyclic amines) is 2. The molecule has 6 saturated heterocycles. The summed E-state index contributed by atoms with van der Waals surface area (Å²) < 4.78 is 51.7. The van der Waals surface area contributed by atoms with Gasteiger partial charge in [0.2, 0.25) is 0 Å². The van der Waals surface area contributed by atoms with Crippen molar-refractivity contribution in [2.24, 2.45) is 5.92 Å². The van der Waals surface area contributed by atoms with E-state index in [2.05, 4.69) is 20.4 Å². The minimum absolute atomic E-state index is 0.0606. The number of aliphatic hydroxyl groups is 1. The normalized spacial score (nSPS) is 30.5. The first-order chi connectivity index (χ1) is 30.1. The van der Waals surface area contributed by atoms with Gasteiger partial charge < -0.3 is 68.2 Å². The van der Waals surface area contributed by atoms with E-state index in [1.165, 1.54) is 0 Å². The van der Waals surface area contributed by atoms with Gasteiger partial charge in [-0.05, 0) is 64.5 Å². The van der Waals surface area contributed by atoms with Crippen molar-refractivity contribution in [3.63, 3.8) is 0 Å². The predicted molar refractivity (Wildman–Crippen MR) is 227 cm³/mol. The molecular weight excluding hydrogens is 817 g/mol. The van der Waals surface area contributed by atoms with Crippen molar-refractivity contribution >= 4 is 18.2 Å². The smallest absolute Gasteiger partial charge is 0.407 e. The van der Waals surface area contributed by atoms with E-state index in [9.17, 15) is 19.5 Å². The van der Waals surface area contributed by atoms with Crippen LogP contribution >= 0.6 is 0 Å². The molecule has 6 heterocycles. The topological polar surface area (TPSA) is 185 Å². The summed E-state index contributed by atoms with van der Waals surface area (Å²) >= 11 is 0. The van der Waals surface area contributed by atoms with Gasteiger partial charge in [-0.15, -0.1) is 0 Å². The summed E-state index contributed by atoms with van der Waals surface area (Å²) in [6.45, 7) is 15.9. The Morgan fingerprint density at radius 1 is 0.667 bits per heavy atom. The van der Waals surface area contributed by atoms with Crippen LogP contribution in [-0.2, 0) is 60.6 Å². The number of piperidine rings is 2. The first-order valence-corrected chi connectivity index (χ1v) is 22.4. The van der Waals surface area contributed by atoms with Gasteiger partial charge in [-0.2, -0.15) is 0 Å². The lowest BCUT2D eigenvalue weighted by Gasteiger charge is -2.35. The third-order valence-corrected chi connectivity index (χ3v) is 12.0. The molecule has 6 aliphatic rings. The Morgan fingerprint density at radius 2 is 1.10 bits per heavy atom. The molecule has 17 nitrogen and oxygen atoms in total. The lowest BCUT2D eigenvalue weighted by atomic mass is 10.0. The van der Waals surface area contributed by atoms with Crippen molar-refractivity contribution in [2.75, 3.05) is 39.3 Å². The number of alkyl carbamates (subject to hydrolysis) is 2. The highest BCUT2D eigenvalue weighted by atomic mass is 16.8. The number of nitrogens with one attached hydrogen (secondary N) is 2. The molecule has 348 valence electrons. The highest BCUT2D eigenvalue weighted by molar-refractivity contribution is 5.72. The van der Waals surface area contributed by atoms with Crippen LogP contribution in [0.2, 0.25) is 0 Å². The number of nitrogens with zero attached hydrogens (tertiary/aromatic N) is 2. The second kappa shape index (κ2) is 20.9. The maximum absolute atomic E-state index is 12.3. The highest BCUT2D eigenvalue weighted by Crippen LogP contribution is 2.40. The Hall–Kier alpha value is -3.91. The average molecular weight is 883 g/mol. The Kier molecular flexibility index (Phi) is 15.6. The minimum Gasteiger partial charge on any atom is -0.456 e. The summed E-state index contributed by atoms with van der Waals surface area (Å²) in [5.41, 5.74) is 1.92. The number of hydrogen-bond donors (Lipinski definition) is 3. The molecule has 6 fully saturated rings. The molecule has 0 aliphatic carbocycles. The van der Waals surface area contributed by atoms with Gasteiger partial charge in [-0.1, -0.05) is 74.5 Å². The van der Waals surface area contributed by atoms with Crippen LogP contribution < -0.4 is 10.6 Å². The highest BCUT2D eigenvalue weighted by Gasteiger charge is 2.57. The van der Waals surface area contributed by atoms with Crippen LogP contribution in [0.4, 0.5) is 9.59 Å². The first kappa shape index (κ1) is 47.1. The zero-order valence-corrected chi connectivity index (χ0v) is 37.4. The van der Waals surface area contributed by atoms with Crippen LogP contribution in [-0.4, -0.2) is 145 Å². The molecule has 2 amide bonds. The summed E-state index contributed by atoms with van der Waals surface area (Å²) in [5, 5.41) is 16.4. The van der Waals surface area contributed by atoms with Crippen molar-refractivity contribution in [3.8, 4) is 0 Å². The molecule has 0 bridgehead atoms.